The maximum Gasteiger partial charge on any atom is 0.177 e. The zero-order valence-corrected chi connectivity index (χ0v) is 10.1. The number of nitrogens with one attached hydrogen (secondary N) is 1. The minimum Gasteiger partial charge on any atom is -0.366 e. The van der Waals surface area contributed by atoms with Crippen LogP contribution in [0.4, 0.5) is 0 Å². The molecular formula is C11H10ClNO2S. The van der Waals surface area contributed by atoms with Crippen molar-refractivity contribution in [1.29, 1.82) is 0 Å². The van der Waals surface area contributed by atoms with Gasteiger partial charge in [-0.2, -0.15) is 0 Å². The van der Waals surface area contributed by atoms with Gasteiger partial charge in [0.25, 0.3) is 0 Å². The van der Waals surface area contributed by atoms with Crippen molar-refractivity contribution in [3.63, 3.8) is 0 Å². The molecule has 0 aliphatic carbocycles. The molecule has 0 saturated carbocycles. The fraction of sp³-hybridized carbons (Fsp3) is 0.0909. The highest BCUT2D eigenvalue weighted by Gasteiger charge is 2.15. The maximum atomic E-state index is 11.5. The molecule has 1 N–H and O–H groups in total. The lowest BCUT2D eigenvalue weighted by atomic mass is 10.1. The number of benzene rings is 1. The molecule has 2 rings (SSSR count). The molecule has 0 unspecified atom stereocenters. The van der Waals surface area contributed by atoms with Crippen LogP contribution in [0, 0.1) is 0 Å². The van der Waals surface area contributed by atoms with Gasteiger partial charge < -0.3 is 4.98 Å². The average molecular weight is 256 g/mol. The van der Waals surface area contributed by atoms with Gasteiger partial charge in [0.2, 0.25) is 0 Å². The Morgan fingerprint density at radius 1 is 1.25 bits per heavy atom. The summed E-state index contributed by atoms with van der Waals surface area (Å²) in [7, 11) is -3.23. The fourth-order valence-electron chi connectivity index (χ4n) is 1.54. The largest absolute Gasteiger partial charge is 0.366 e. The third kappa shape index (κ3) is 2.13. The summed E-state index contributed by atoms with van der Waals surface area (Å²) in [6.07, 6.45) is 4.32. The SMILES string of the molecule is CS(=O)(=O)c1c[nH]cc1-c1cccc(Cl)c1. The molecule has 0 aliphatic heterocycles. The van der Waals surface area contributed by atoms with Crippen LogP contribution in [0.3, 0.4) is 0 Å². The van der Waals surface area contributed by atoms with Crippen molar-refractivity contribution < 1.29 is 8.42 Å². The van der Waals surface area contributed by atoms with Gasteiger partial charge in [-0.25, -0.2) is 8.42 Å². The Morgan fingerprint density at radius 3 is 2.62 bits per heavy atom. The van der Waals surface area contributed by atoms with Crippen LogP contribution in [0.15, 0.2) is 41.6 Å². The van der Waals surface area contributed by atoms with Crippen molar-refractivity contribution >= 4 is 21.4 Å². The van der Waals surface area contributed by atoms with Crippen LogP contribution in [0.25, 0.3) is 11.1 Å². The third-order valence-corrected chi connectivity index (χ3v) is 3.61. The summed E-state index contributed by atoms with van der Waals surface area (Å²) in [6, 6.07) is 7.09. The summed E-state index contributed by atoms with van der Waals surface area (Å²) >= 11 is 5.87. The van der Waals surface area contributed by atoms with Gasteiger partial charge in [0.15, 0.2) is 9.84 Å². The van der Waals surface area contributed by atoms with Gasteiger partial charge in [0, 0.05) is 29.2 Å². The van der Waals surface area contributed by atoms with Gasteiger partial charge in [-0.1, -0.05) is 23.7 Å². The smallest absolute Gasteiger partial charge is 0.177 e. The molecule has 0 aliphatic rings. The Morgan fingerprint density at radius 2 is 2.00 bits per heavy atom. The van der Waals surface area contributed by atoms with E-state index in [2.05, 4.69) is 4.98 Å². The van der Waals surface area contributed by atoms with Crippen LogP contribution in [-0.2, 0) is 9.84 Å². The summed E-state index contributed by atoms with van der Waals surface area (Å²) in [6.45, 7) is 0. The summed E-state index contributed by atoms with van der Waals surface area (Å²) in [5.41, 5.74) is 1.43. The Balaban J connectivity index is 2.62. The predicted octanol–water partition coefficient (Wildman–Crippen LogP) is 2.74. The zero-order valence-electron chi connectivity index (χ0n) is 8.57. The lowest BCUT2D eigenvalue weighted by molar-refractivity contribution is 0.602. The predicted molar refractivity (Wildman–Crippen MR) is 64.3 cm³/mol. The minimum absolute atomic E-state index is 0.287. The van der Waals surface area contributed by atoms with Crippen LogP contribution in [-0.4, -0.2) is 19.7 Å². The standard InChI is InChI=1S/C11H10ClNO2S/c1-16(14,15)11-7-13-6-10(11)8-3-2-4-9(12)5-8/h2-7,13H,1H3. The zero-order chi connectivity index (χ0) is 11.8. The quantitative estimate of drug-likeness (QED) is 0.897. The molecule has 1 aromatic carbocycles. The highest BCUT2D eigenvalue weighted by molar-refractivity contribution is 7.90. The number of aromatic nitrogens is 1. The number of hydrogen-bond donors (Lipinski definition) is 1. The number of hydrogen-bond acceptors (Lipinski definition) is 2. The van der Waals surface area contributed by atoms with E-state index in [1.165, 1.54) is 12.5 Å². The van der Waals surface area contributed by atoms with Crippen molar-refractivity contribution in [3.05, 3.63) is 41.7 Å². The van der Waals surface area contributed by atoms with E-state index in [1.807, 2.05) is 6.07 Å². The first-order valence-corrected chi connectivity index (χ1v) is 6.88. The average Bonchev–Trinajstić information content (AvgIpc) is 2.65. The first-order valence-electron chi connectivity index (χ1n) is 4.61. The van der Waals surface area contributed by atoms with E-state index in [0.29, 0.717) is 10.6 Å². The van der Waals surface area contributed by atoms with E-state index in [4.69, 9.17) is 11.6 Å². The van der Waals surface area contributed by atoms with Crippen LogP contribution in [0.2, 0.25) is 5.02 Å². The lowest BCUT2D eigenvalue weighted by Gasteiger charge is -2.02. The van der Waals surface area contributed by atoms with Gasteiger partial charge in [-0.15, -0.1) is 0 Å². The molecule has 1 heterocycles. The van der Waals surface area contributed by atoms with Crippen molar-refractivity contribution in [2.75, 3.05) is 6.26 Å². The highest BCUT2D eigenvalue weighted by atomic mass is 35.5. The molecule has 0 radical (unpaired) electrons. The molecule has 0 amide bonds. The van der Waals surface area contributed by atoms with E-state index in [9.17, 15) is 8.42 Å². The van der Waals surface area contributed by atoms with Gasteiger partial charge in [0.1, 0.15) is 0 Å². The molecule has 0 spiro atoms. The first kappa shape index (κ1) is 11.2. The first-order chi connectivity index (χ1) is 7.48. The van der Waals surface area contributed by atoms with Crippen LogP contribution in [0.5, 0.6) is 0 Å². The monoisotopic (exact) mass is 255 g/mol. The second-order valence-electron chi connectivity index (χ2n) is 3.52. The van der Waals surface area contributed by atoms with Crippen molar-refractivity contribution in [3.8, 4) is 11.1 Å². The molecule has 0 saturated heterocycles. The van der Waals surface area contributed by atoms with Gasteiger partial charge in [-0.3, -0.25) is 0 Å². The maximum absolute atomic E-state index is 11.5. The molecule has 1 aromatic heterocycles. The number of aromatic amines is 1. The second kappa shape index (κ2) is 3.96. The van der Waals surface area contributed by atoms with Crippen molar-refractivity contribution in [2.24, 2.45) is 0 Å². The summed E-state index contributed by atoms with van der Waals surface area (Å²) in [5, 5.41) is 0.582. The number of sulfone groups is 1. The molecule has 0 bridgehead atoms. The second-order valence-corrected chi connectivity index (χ2v) is 5.94. The molecule has 0 fully saturated rings. The fourth-order valence-corrected chi connectivity index (χ4v) is 2.59. The van der Waals surface area contributed by atoms with Crippen LogP contribution < -0.4 is 0 Å². The number of halogens is 1. The van der Waals surface area contributed by atoms with Crippen molar-refractivity contribution in [1.82, 2.24) is 4.98 Å². The highest BCUT2D eigenvalue weighted by Crippen LogP contribution is 2.28. The molecular weight excluding hydrogens is 246 g/mol. The van der Waals surface area contributed by atoms with Gasteiger partial charge in [0.05, 0.1) is 4.90 Å². The Kier molecular flexibility index (Phi) is 2.78. The summed E-state index contributed by atoms with van der Waals surface area (Å²) < 4.78 is 23.0. The summed E-state index contributed by atoms with van der Waals surface area (Å²) in [4.78, 5) is 3.09. The molecule has 84 valence electrons. The molecule has 0 atom stereocenters. The number of H-pyrrole nitrogens is 1. The number of rotatable bonds is 2. The van der Waals surface area contributed by atoms with E-state index < -0.39 is 9.84 Å². The van der Waals surface area contributed by atoms with Crippen LogP contribution in [0.1, 0.15) is 0 Å². The van der Waals surface area contributed by atoms with E-state index in [-0.39, 0.29) is 4.90 Å². The summed E-state index contributed by atoms with van der Waals surface area (Å²) in [5.74, 6) is 0. The lowest BCUT2D eigenvalue weighted by Crippen LogP contribution is -1.96. The normalized spacial score (nSPS) is 11.6. The van der Waals surface area contributed by atoms with Crippen LogP contribution >= 0.6 is 11.6 Å². The Bertz CT molecular complexity index is 616. The minimum atomic E-state index is -3.23. The molecule has 16 heavy (non-hydrogen) atoms. The molecule has 3 nitrogen and oxygen atoms in total. The van der Waals surface area contributed by atoms with Crippen molar-refractivity contribution in [2.45, 2.75) is 4.90 Å². The van der Waals surface area contributed by atoms with E-state index in [0.717, 1.165) is 5.56 Å². The topological polar surface area (TPSA) is 49.9 Å². The molecule has 5 heteroatoms. The van der Waals surface area contributed by atoms with Gasteiger partial charge in [-0.05, 0) is 17.7 Å². The van der Waals surface area contributed by atoms with E-state index in [1.54, 1.807) is 24.4 Å². The Hall–Kier alpha value is -1.26. The molecule has 2 aromatic rings. The van der Waals surface area contributed by atoms with Gasteiger partial charge >= 0.3 is 0 Å². The Labute approximate surface area is 99.0 Å². The third-order valence-electron chi connectivity index (χ3n) is 2.24. The van der Waals surface area contributed by atoms with E-state index >= 15 is 0 Å².